The van der Waals surface area contributed by atoms with Crippen LogP contribution in [0, 0.1) is 5.92 Å². The SMILES string of the molecule is CNCCCC(=O)N(C)CCC1CCOCC1.Cl. The molecule has 0 aromatic heterocycles. The summed E-state index contributed by atoms with van der Waals surface area (Å²) < 4.78 is 5.33. The lowest BCUT2D eigenvalue weighted by Crippen LogP contribution is -2.30. The number of nitrogens with one attached hydrogen (secondary N) is 1. The van der Waals surface area contributed by atoms with E-state index in [1.54, 1.807) is 0 Å². The molecule has 5 heteroatoms. The number of rotatable bonds is 7. The van der Waals surface area contributed by atoms with E-state index >= 15 is 0 Å². The van der Waals surface area contributed by atoms with E-state index < -0.39 is 0 Å². The van der Waals surface area contributed by atoms with E-state index in [1.807, 2.05) is 19.0 Å². The molecule has 0 bridgehead atoms. The number of carbonyl (C=O) groups excluding carboxylic acids is 1. The van der Waals surface area contributed by atoms with Crippen LogP contribution in [0.25, 0.3) is 0 Å². The molecule has 1 heterocycles. The molecule has 0 radical (unpaired) electrons. The highest BCUT2D eigenvalue weighted by atomic mass is 35.5. The minimum absolute atomic E-state index is 0. The Morgan fingerprint density at radius 2 is 2.06 bits per heavy atom. The van der Waals surface area contributed by atoms with E-state index in [0.29, 0.717) is 6.42 Å². The summed E-state index contributed by atoms with van der Waals surface area (Å²) in [5, 5.41) is 3.06. The van der Waals surface area contributed by atoms with Gasteiger partial charge in [-0.15, -0.1) is 12.4 Å². The van der Waals surface area contributed by atoms with Crippen LogP contribution in [0.15, 0.2) is 0 Å². The lowest BCUT2D eigenvalue weighted by molar-refractivity contribution is -0.130. The van der Waals surface area contributed by atoms with Gasteiger partial charge in [-0.1, -0.05) is 0 Å². The molecule has 1 aliphatic heterocycles. The van der Waals surface area contributed by atoms with E-state index in [9.17, 15) is 4.79 Å². The molecule has 4 nitrogen and oxygen atoms in total. The number of ether oxygens (including phenoxy) is 1. The average molecular weight is 279 g/mol. The Balaban J connectivity index is 0.00000289. The lowest BCUT2D eigenvalue weighted by atomic mass is 9.96. The summed E-state index contributed by atoms with van der Waals surface area (Å²) in [6.45, 7) is 3.59. The van der Waals surface area contributed by atoms with Crippen molar-refractivity contribution < 1.29 is 9.53 Å². The summed E-state index contributed by atoms with van der Waals surface area (Å²) in [5.74, 6) is 1.02. The molecule has 18 heavy (non-hydrogen) atoms. The monoisotopic (exact) mass is 278 g/mol. The van der Waals surface area contributed by atoms with Crippen molar-refractivity contribution in [3.8, 4) is 0 Å². The van der Waals surface area contributed by atoms with Gasteiger partial charge in [-0.25, -0.2) is 0 Å². The molecule has 0 aromatic rings. The van der Waals surface area contributed by atoms with Crippen molar-refractivity contribution in [3.05, 3.63) is 0 Å². The number of carbonyl (C=O) groups is 1. The first kappa shape index (κ1) is 17.7. The van der Waals surface area contributed by atoms with Crippen molar-refractivity contribution in [1.29, 1.82) is 0 Å². The Hall–Kier alpha value is -0.320. The van der Waals surface area contributed by atoms with E-state index in [1.165, 1.54) is 0 Å². The minimum Gasteiger partial charge on any atom is -0.381 e. The number of amides is 1. The normalized spacial score (nSPS) is 16.1. The molecule has 1 amide bonds. The Labute approximate surface area is 117 Å². The van der Waals surface area contributed by atoms with Crippen LogP contribution < -0.4 is 5.32 Å². The number of halogens is 1. The molecule has 0 spiro atoms. The largest absolute Gasteiger partial charge is 0.381 e. The van der Waals surface area contributed by atoms with E-state index in [2.05, 4.69) is 5.32 Å². The predicted molar refractivity (Wildman–Crippen MR) is 76.2 cm³/mol. The highest BCUT2D eigenvalue weighted by molar-refractivity contribution is 5.85. The summed E-state index contributed by atoms with van der Waals surface area (Å²) in [6, 6.07) is 0. The Kier molecular flexibility index (Phi) is 10.4. The number of nitrogens with zero attached hydrogens (tertiary/aromatic N) is 1. The Morgan fingerprint density at radius 3 is 2.67 bits per heavy atom. The highest BCUT2D eigenvalue weighted by Gasteiger charge is 2.15. The van der Waals surface area contributed by atoms with Gasteiger partial charge in [-0.2, -0.15) is 0 Å². The molecule has 0 saturated carbocycles. The molecule has 1 aliphatic rings. The third-order valence-electron chi connectivity index (χ3n) is 3.46. The van der Waals surface area contributed by atoms with Crippen molar-refractivity contribution in [2.75, 3.05) is 40.4 Å². The van der Waals surface area contributed by atoms with Crippen LogP contribution in [0.2, 0.25) is 0 Å². The van der Waals surface area contributed by atoms with Gasteiger partial charge in [0.25, 0.3) is 0 Å². The van der Waals surface area contributed by atoms with Gasteiger partial charge < -0.3 is 15.0 Å². The fourth-order valence-electron chi connectivity index (χ4n) is 2.14. The van der Waals surface area contributed by atoms with E-state index in [-0.39, 0.29) is 18.3 Å². The second-order valence-electron chi connectivity index (χ2n) is 4.87. The van der Waals surface area contributed by atoms with Gasteiger partial charge in [-0.05, 0) is 45.2 Å². The molecule has 0 aromatic carbocycles. The second-order valence-corrected chi connectivity index (χ2v) is 4.87. The maximum absolute atomic E-state index is 11.8. The molecular weight excluding hydrogens is 252 g/mol. The highest BCUT2D eigenvalue weighted by Crippen LogP contribution is 2.18. The summed E-state index contributed by atoms with van der Waals surface area (Å²) in [7, 11) is 3.83. The number of hydrogen-bond acceptors (Lipinski definition) is 3. The zero-order chi connectivity index (χ0) is 12.5. The summed E-state index contributed by atoms with van der Waals surface area (Å²) in [4.78, 5) is 13.6. The molecular formula is C13H27ClN2O2. The van der Waals surface area contributed by atoms with Crippen molar-refractivity contribution in [1.82, 2.24) is 10.2 Å². The third-order valence-corrected chi connectivity index (χ3v) is 3.46. The van der Waals surface area contributed by atoms with Crippen LogP contribution in [0.5, 0.6) is 0 Å². The molecule has 1 N–H and O–H groups in total. The zero-order valence-corrected chi connectivity index (χ0v) is 12.4. The molecule has 1 fully saturated rings. The average Bonchev–Trinajstić information content (AvgIpc) is 2.37. The molecule has 0 unspecified atom stereocenters. The smallest absolute Gasteiger partial charge is 0.222 e. The summed E-state index contributed by atoms with van der Waals surface area (Å²) in [5.41, 5.74) is 0. The topological polar surface area (TPSA) is 41.6 Å². The molecule has 108 valence electrons. The van der Waals surface area contributed by atoms with Gasteiger partial charge in [0.2, 0.25) is 5.91 Å². The van der Waals surface area contributed by atoms with Gasteiger partial charge >= 0.3 is 0 Å². The van der Waals surface area contributed by atoms with Crippen LogP contribution in [0.3, 0.4) is 0 Å². The maximum Gasteiger partial charge on any atom is 0.222 e. The Bertz CT molecular complexity index is 221. The van der Waals surface area contributed by atoms with Crippen LogP contribution in [-0.4, -0.2) is 51.2 Å². The first-order valence-electron chi connectivity index (χ1n) is 6.70. The Morgan fingerprint density at radius 1 is 1.39 bits per heavy atom. The molecule has 1 rings (SSSR count). The molecule has 1 saturated heterocycles. The van der Waals surface area contributed by atoms with Crippen molar-refractivity contribution in [2.45, 2.75) is 32.1 Å². The van der Waals surface area contributed by atoms with Crippen molar-refractivity contribution in [3.63, 3.8) is 0 Å². The van der Waals surface area contributed by atoms with E-state index in [4.69, 9.17) is 4.74 Å². The summed E-state index contributed by atoms with van der Waals surface area (Å²) >= 11 is 0. The fraction of sp³-hybridized carbons (Fsp3) is 0.923. The maximum atomic E-state index is 11.8. The quantitative estimate of drug-likeness (QED) is 0.721. The van der Waals surface area contributed by atoms with Crippen molar-refractivity contribution >= 4 is 18.3 Å². The summed E-state index contributed by atoms with van der Waals surface area (Å²) in [6.07, 6.45) is 5.02. The number of hydrogen-bond donors (Lipinski definition) is 1. The standard InChI is InChI=1S/C13H26N2O2.ClH/c1-14-8-3-4-13(16)15(2)9-5-12-6-10-17-11-7-12;/h12,14H,3-11H2,1-2H3;1H. The van der Waals surface area contributed by atoms with Gasteiger partial charge in [-0.3, -0.25) is 4.79 Å². The minimum atomic E-state index is 0. The van der Waals surface area contributed by atoms with Gasteiger partial charge in [0, 0.05) is 33.2 Å². The fourth-order valence-corrected chi connectivity index (χ4v) is 2.14. The van der Waals surface area contributed by atoms with Crippen LogP contribution in [0.4, 0.5) is 0 Å². The van der Waals surface area contributed by atoms with Crippen molar-refractivity contribution in [2.24, 2.45) is 5.92 Å². The van der Waals surface area contributed by atoms with Gasteiger partial charge in [0.1, 0.15) is 0 Å². The predicted octanol–water partition coefficient (Wildman–Crippen LogP) is 1.68. The first-order chi connectivity index (χ1) is 8.24. The van der Waals surface area contributed by atoms with E-state index in [0.717, 1.165) is 57.9 Å². The van der Waals surface area contributed by atoms with Crippen LogP contribution in [-0.2, 0) is 9.53 Å². The van der Waals surface area contributed by atoms with Gasteiger partial charge in [0.05, 0.1) is 0 Å². The third kappa shape index (κ3) is 7.19. The lowest BCUT2D eigenvalue weighted by Gasteiger charge is -2.25. The second kappa shape index (κ2) is 10.6. The van der Waals surface area contributed by atoms with Crippen LogP contribution in [0.1, 0.15) is 32.1 Å². The molecule has 0 atom stereocenters. The van der Waals surface area contributed by atoms with Gasteiger partial charge in [0.15, 0.2) is 0 Å². The first-order valence-corrected chi connectivity index (χ1v) is 6.70. The zero-order valence-electron chi connectivity index (χ0n) is 11.6. The molecule has 0 aliphatic carbocycles. The van der Waals surface area contributed by atoms with Crippen LogP contribution >= 0.6 is 12.4 Å².